The Labute approximate surface area is 195 Å². The molecule has 0 unspecified atom stereocenters. The van der Waals surface area contributed by atoms with E-state index >= 15 is 0 Å². The number of aromatic nitrogens is 4. The first-order valence-corrected chi connectivity index (χ1v) is 11.8. The lowest BCUT2D eigenvalue weighted by atomic mass is 9.90. The molecule has 0 saturated carbocycles. The predicted molar refractivity (Wildman–Crippen MR) is 138 cm³/mol. The van der Waals surface area contributed by atoms with Gasteiger partial charge in [-0.05, 0) is 75.0 Å². The molecule has 4 aromatic carbocycles. The van der Waals surface area contributed by atoms with Crippen LogP contribution in [0.2, 0.25) is 0 Å². The Bertz CT molecular complexity index is 1640. The molecule has 0 aliphatic carbocycles. The average Bonchev–Trinajstić information content (AvgIpc) is 3.48. The van der Waals surface area contributed by atoms with Crippen LogP contribution in [0.1, 0.15) is 16.7 Å². The maximum Gasteiger partial charge on any atom is 0.189 e. The molecule has 2 heterocycles. The number of aryl methyl sites for hydroxylation is 2. The van der Waals surface area contributed by atoms with E-state index in [1.54, 1.807) is 11.3 Å². The third-order valence-electron chi connectivity index (χ3n) is 6.51. The van der Waals surface area contributed by atoms with Gasteiger partial charge in [-0.3, -0.25) is 0 Å². The van der Waals surface area contributed by atoms with Crippen LogP contribution in [0.5, 0.6) is 0 Å². The molecular formula is C28H22N4S. The number of nitrogens with zero attached hydrogens (tertiary/aromatic N) is 3. The molecule has 0 fully saturated rings. The zero-order valence-corrected chi connectivity index (χ0v) is 19.5. The van der Waals surface area contributed by atoms with Gasteiger partial charge in [0.2, 0.25) is 0 Å². The van der Waals surface area contributed by atoms with Crippen LogP contribution in [0, 0.1) is 20.8 Å². The molecule has 5 heteroatoms. The van der Waals surface area contributed by atoms with Crippen molar-refractivity contribution >= 4 is 32.9 Å². The van der Waals surface area contributed by atoms with Crippen molar-refractivity contribution in [2.75, 3.05) is 0 Å². The van der Waals surface area contributed by atoms with E-state index in [0.717, 1.165) is 4.88 Å². The number of hydrogen-bond donors (Lipinski definition) is 1. The highest BCUT2D eigenvalue weighted by molar-refractivity contribution is 7.19. The summed E-state index contributed by atoms with van der Waals surface area (Å²) in [6.45, 7) is 6.52. The number of fused-ring (bicyclic) bond motifs is 2. The summed E-state index contributed by atoms with van der Waals surface area (Å²) in [6.07, 6.45) is 0. The third kappa shape index (κ3) is 3.08. The Morgan fingerprint density at radius 2 is 1.21 bits per heavy atom. The number of benzene rings is 4. The van der Waals surface area contributed by atoms with Gasteiger partial charge in [0, 0.05) is 16.0 Å². The molecule has 6 aromatic rings. The zero-order valence-electron chi connectivity index (χ0n) is 18.7. The van der Waals surface area contributed by atoms with E-state index in [4.69, 9.17) is 0 Å². The Morgan fingerprint density at radius 3 is 1.82 bits per heavy atom. The van der Waals surface area contributed by atoms with Gasteiger partial charge < -0.3 is 0 Å². The van der Waals surface area contributed by atoms with E-state index in [2.05, 4.69) is 114 Å². The van der Waals surface area contributed by atoms with Crippen LogP contribution in [0.15, 0.2) is 72.8 Å². The monoisotopic (exact) mass is 446 g/mol. The van der Waals surface area contributed by atoms with Crippen LogP contribution in [0.25, 0.3) is 53.8 Å². The van der Waals surface area contributed by atoms with Crippen LogP contribution in [0.3, 0.4) is 0 Å². The largest absolute Gasteiger partial charge is 0.238 e. The highest BCUT2D eigenvalue weighted by Gasteiger charge is 2.23. The molecule has 0 aliphatic rings. The number of hydrogen-bond acceptors (Lipinski definition) is 4. The minimum Gasteiger partial charge on any atom is -0.238 e. The van der Waals surface area contributed by atoms with Gasteiger partial charge in [0.05, 0.1) is 4.88 Å². The summed E-state index contributed by atoms with van der Waals surface area (Å²) < 4.78 is 0. The maximum absolute atomic E-state index is 4.24. The number of tetrazole rings is 1. The Hall–Kier alpha value is -3.83. The SMILES string of the molecule is Cc1c(-c2nnn[nH]2)sc(-c2ccc(C)c3ccccc23)c1-c1ccc(C)c2ccccc12. The second-order valence-electron chi connectivity index (χ2n) is 8.46. The fourth-order valence-corrected chi connectivity index (χ4v) is 6.12. The summed E-state index contributed by atoms with van der Waals surface area (Å²) in [5.41, 5.74) is 7.48. The quantitative estimate of drug-likeness (QED) is 0.306. The van der Waals surface area contributed by atoms with Crippen molar-refractivity contribution in [1.29, 1.82) is 0 Å². The number of thiophene rings is 1. The Balaban J connectivity index is 1.74. The highest BCUT2D eigenvalue weighted by atomic mass is 32.1. The molecule has 160 valence electrons. The molecular weight excluding hydrogens is 424 g/mol. The van der Waals surface area contributed by atoms with Crippen molar-refractivity contribution in [3.8, 4) is 32.3 Å². The fraction of sp³-hybridized carbons (Fsp3) is 0.107. The van der Waals surface area contributed by atoms with Crippen LogP contribution < -0.4 is 0 Å². The fourth-order valence-electron chi connectivity index (χ4n) is 4.82. The summed E-state index contributed by atoms with van der Waals surface area (Å²) in [7, 11) is 0. The van der Waals surface area contributed by atoms with Gasteiger partial charge in [-0.15, -0.1) is 16.4 Å². The lowest BCUT2D eigenvalue weighted by molar-refractivity contribution is 0.881. The molecule has 0 aliphatic heterocycles. The van der Waals surface area contributed by atoms with Gasteiger partial charge in [-0.2, -0.15) is 0 Å². The van der Waals surface area contributed by atoms with Gasteiger partial charge in [0.15, 0.2) is 5.82 Å². The molecule has 1 N–H and O–H groups in total. The molecule has 4 nitrogen and oxygen atoms in total. The maximum atomic E-state index is 4.24. The second-order valence-corrected chi connectivity index (χ2v) is 9.48. The average molecular weight is 447 g/mol. The Kier molecular flexibility index (Phi) is 4.59. The molecule has 0 atom stereocenters. The van der Waals surface area contributed by atoms with Gasteiger partial charge in [0.25, 0.3) is 0 Å². The van der Waals surface area contributed by atoms with Crippen molar-refractivity contribution in [1.82, 2.24) is 20.6 Å². The van der Waals surface area contributed by atoms with E-state index in [1.807, 2.05) is 0 Å². The second kappa shape index (κ2) is 7.64. The summed E-state index contributed by atoms with van der Waals surface area (Å²) in [5, 5.41) is 20.0. The molecule has 0 spiro atoms. The first-order valence-electron chi connectivity index (χ1n) is 11.0. The van der Waals surface area contributed by atoms with Crippen LogP contribution in [-0.2, 0) is 0 Å². The molecule has 33 heavy (non-hydrogen) atoms. The summed E-state index contributed by atoms with van der Waals surface area (Å²) in [4.78, 5) is 2.31. The molecule has 0 amide bonds. The zero-order chi connectivity index (χ0) is 22.5. The summed E-state index contributed by atoms with van der Waals surface area (Å²) in [5.74, 6) is 0.706. The highest BCUT2D eigenvalue weighted by Crippen LogP contribution is 2.49. The van der Waals surface area contributed by atoms with Crippen molar-refractivity contribution in [2.24, 2.45) is 0 Å². The van der Waals surface area contributed by atoms with Crippen molar-refractivity contribution in [3.63, 3.8) is 0 Å². The lowest BCUT2D eigenvalue weighted by Gasteiger charge is -2.14. The first-order chi connectivity index (χ1) is 16.1. The lowest BCUT2D eigenvalue weighted by Crippen LogP contribution is -1.89. The van der Waals surface area contributed by atoms with Gasteiger partial charge >= 0.3 is 0 Å². The van der Waals surface area contributed by atoms with Crippen LogP contribution in [0.4, 0.5) is 0 Å². The summed E-state index contributed by atoms with van der Waals surface area (Å²) >= 11 is 1.75. The molecule has 6 rings (SSSR count). The van der Waals surface area contributed by atoms with E-state index in [-0.39, 0.29) is 0 Å². The van der Waals surface area contributed by atoms with E-state index in [1.165, 1.54) is 59.8 Å². The van der Waals surface area contributed by atoms with Crippen LogP contribution in [-0.4, -0.2) is 20.6 Å². The molecule has 2 aromatic heterocycles. The smallest absolute Gasteiger partial charge is 0.189 e. The molecule has 0 bridgehead atoms. The molecule has 0 saturated heterocycles. The topological polar surface area (TPSA) is 54.5 Å². The number of rotatable bonds is 3. The van der Waals surface area contributed by atoms with Crippen molar-refractivity contribution < 1.29 is 0 Å². The van der Waals surface area contributed by atoms with Crippen molar-refractivity contribution in [3.05, 3.63) is 89.5 Å². The number of nitrogens with one attached hydrogen (secondary N) is 1. The van der Waals surface area contributed by atoms with Gasteiger partial charge in [0.1, 0.15) is 0 Å². The minimum atomic E-state index is 0.706. The Morgan fingerprint density at radius 1 is 0.636 bits per heavy atom. The van der Waals surface area contributed by atoms with Gasteiger partial charge in [-0.25, -0.2) is 5.10 Å². The standard InChI is InChI=1S/C28H22N4S/c1-16-12-14-23(21-10-6-4-8-19(16)21)25-18(3)26(28-29-31-32-30-28)33-27(25)24-15-13-17(2)20-9-5-7-11-22(20)24/h4-15H,1-3H3,(H,29,30,31,32). The van der Waals surface area contributed by atoms with E-state index in [0.29, 0.717) is 5.82 Å². The number of aromatic amines is 1. The van der Waals surface area contributed by atoms with Crippen molar-refractivity contribution in [2.45, 2.75) is 20.8 Å². The van der Waals surface area contributed by atoms with E-state index < -0.39 is 0 Å². The van der Waals surface area contributed by atoms with E-state index in [9.17, 15) is 0 Å². The molecule has 0 radical (unpaired) electrons. The normalized spacial score (nSPS) is 11.5. The predicted octanol–water partition coefficient (Wildman–Crippen LogP) is 7.49. The summed E-state index contributed by atoms with van der Waals surface area (Å²) in [6, 6.07) is 26.3. The third-order valence-corrected chi connectivity index (χ3v) is 7.84. The number of H-pyrrole nitrogens is 1. The van der Waals surface area contributed by atoms with Crippen LogP contribution >= 0.6 is 11.3 Å². The van der Waals surface area contributed by atoms with Gasteiger partial charge in [-0.1, -0.05) is 72.8 Å². The first kappa shape index (κ1) is 19.8. The minimum absolute atomic E-state index is 0.706.